The fourth-order valence-electron chi connectivity index (χ4n) is 1.70. The van der Waals surface area contributed by atoms with Crippen LogP contribution in [-0.2, 0) is 4.74 Å². The molecule has 0 radical (unpaired) electrons. The van der Waals surface area contributed by atoms with E-state index in [1.165, 1.54) is 20.3 Å². The maximum atomic E-state index is 11.8. The highest BCUT2D eigenvalue weighted by atomic mass is 16.5. The molecule has 5 nitrogen and oxygen atoms in total. The van der Waals surface area contributed by atoms with Crippen LogP contribution in [0.5, 0.6) is 5.75 Å². The van der Waals surface area contributed by atoms with Crippen molar-refractivity contribution in [3.63, 3.8) is 0 Å². The van der Waals surface area contributed by atoms with Crippen LogP contribution in [0.4, 0.5) is 0 Å². The Bertz CT molecular complexity index is 612. The zero-order chi connectivity index (χ0) is 13.8. The molecule has 0 bridgehead atoms. The van der Waals surface area contributed by atoms with Crippen LogP contribution in [0.25, 0.3) is 11.3 Å². The van der Waals surface area contributed by atoms with Crippen LogP contribution in [0.3, 0.4) is 0 Å². The number of aldehydes is 1. The molecule has 0 amide bonds. The molecular weight excluding hydrogens is 248 g/mol. The summed E-state index contributed by atoms with van der Waals surface area (Å²) in [6, 6.07) is 8.10. The van der Waals surface area contributed by atoms with Crippen molar-refractivity contribution in [1.82, 2.24) is 0 Å². The van der Waals surface area contributed by atoms with Gasteiger partial charge in [-0.05, 0) is 30.3 Å². The first-order valence-electron chi connectivity index (χ1n) is 5.51. The molecule has 0 unspecified atom stereocenters. The summed E-state index contributed by atoms with van der Waals surface area (Å²) < 4.78 is 15.1. The highest BCUT2D eigenvalue weighted by Crippen LogP contribution is 2.29. The molecule has 98 valence electrons. The summed E-state index contributed by atoms with van der Waals surface area (Å²) in [7, 11) is 2.80. The van der Waals surface area contributed by atoms with Gasteiger partial charge < -0.3 is 13.9 Å². The van der Waals surface area contributed by atoms with Crippen molar-refractivity contribution in [2.75, 3.05) is 14.2 Å². The van der Waals surface area contributed by atoms with E-state index in [4.69, 9.17) is 13.9 Å². The third kappa shape index (κ3) is 2.49. The van der Waals surface area contributed by atoms with E-state index >= 15 is 0 Å². The minimum absolute atomic E-state index is 0.196. The highest BCUT2D eigenvalue weighted by Gasteiger charge is 2.17. The molecule has 19 heavy (non-hydrogen) atoms. The Hall–Kier alpha value is -2.56. The number of carbonyl (C=O) groups is 2. The van der Waals surface area contributed by atoms with Crippen molar-refractivity contribution < 1.29 is 23.5 Å². The molecule has 0 atom stereocenters. The summed E-state index contributed by atoms with van der Waals surface area (Å²) >= 11 is 0. The van der Waals surface area contributed by atoms with E-state index < -0.39 is 5.97 Å². The van der Waals surface area contributed by atoms with Gasteiger partial charge in [0, 0.05) is 5.56 Å². The standard InChI is InChI=1S/C14H12O5/c1-17-9-3-5-11(12(7-9)14(16)18-2)13-6-4-10(8-15)19-13/h3-8H,1-2H3. The van der Waals surface area contributed by atoms with Gasteiger partial charge in [-0.15, -0.1) is 0 Å². The minimum Gasteiger partial charge on any atom is -0.497 e. The molecular formula is C14H12O5. The van der Waals surface area contributed by atoms with E-state index in [0.29, 0.717) is 28.9 Å². The summed E-state index contributed by atoms with van der Waals surface area (Å²) in [5.74, 6) is 0.649. The lowest BCUT2D eigenvalue weighted by molar-refractivity contribution is 0.0601. The van der Waals surface area contributed by atoms with Gasteiger partial charge in [0.2, 0.25) is 0 Å². The van der Waals surface area contributed by atoms with Crippen LogP contribution < -0.4 is 4.74 Å². The molecule has 0 aliphatic rings. The number of hydrogen-bond donors (Lipinski definition) is 0. The van der Waals surface area contributed by atoms with E-state index in [0.717, 1.165) is 0 Å². The second-order valence-corrected chi connectivity index (χ2v) is 3.72. The summed E-state index contributed by atoms with van der Waals surface area (Å²) in [4.78, 5) is 22.4. The average Bonchev–Trinajstić information content (AvgIpc) is 2.94. The molecule has 5 heteroatoms. The molecule has 1 heterocycles. The van der Waals surface area contributed by atoms with Crippen LogP contribution >= 0.6 is 0 Å². The number of furan rings is 1. The number of hydrogen-bond acceptors (Lipinski definition) is 5. The monoisotopic (exact) mass is 260 g/mol. The molecule has 0 aliphatic carbocycles. The molecule has 0 fully saturated rings. The Balaban J connectivity index is 2.55. The van der Waals surface area contributed by atoms with Gasteiger partial charge in [-0.25, -0.2) is 4.79 Å². The van der Waals surface area contributed by atoms with Crippen LogP contribution in [-0.4, -0.2) is 26.5 Å². The first-order valence-corrected chi connectivity index (χ1v) is 5.51. The van der Waals surface area contributed by atoms with Crippen molar-refractivity contribution in [2.45, 2.75) is 0 Å². The second kappa shape index (κ2) is 5.39. The minimum atomic E-state index is -0.502. The molecule has 0 saturated heterocycles. The van der Waals surface area contributed by atoms with Crippen molar-refractivity contribution in [3.8, 4) is 17.1 Å². The average molecular weight is 260 g/mol. The van der Waals surface area contributed by atoms with E-state index in [2.05, 4.69) is 0 Å². The first kappa shape index (κ1) is 12.9. The number of methoxy groups -OCH3 is 2. The van der Waals surface area contributed by atoms with E-state index in [9.17, 15) is 9.59 Å². The third-order valence-electron chi connectivity index (χ3n) is 2.64. The fraction of sp³-hybridized carbons (Fsp3) is 0.143. The number of esters is 1. The molecule has 0 spiro atoms. The van der Waals surface area contributed by atoms with E-state index in [-0.39, 0.29) is 5.76 Å². The largest absolute Gasteiger partial charge is 0.497 e. The zero-order valence-electron chi connectivity index (χ0n) is 10.5. The van der Waals surface area contributed by atoms with Crippen LogP contribution in [0.15, 0.2) is 34.7 Å². The summed E-state index contributed by atoms with van der Waals surface area (Å²) in [5.41, 5.74) is 0.856. The van der Waals surface area contributed by atoms with Gasteiger partial charge in [0.25, 0.3) is 0 Å². The van der Waals surface area contributed by atoms with Gasteiger partial charge in [0.15, 0.2) is 12.0 Å². The van der Waals surface area contributed by atoms with Crippen LogP contribution in [0.1, 0.15) is 20.9 Å². The molecule has 1 aromatic heterocycles. The Labute approximate surface area is 109 Å². The van der Waals surface area contributed by atoms with Crippen molar-refractivity contribution in [2.24, 2.45) is 0 Å². The van der Waals surface area contributed by atoms with Crippen molar-refractivity contribution >= 4 is 12.3 Å². The summed E-state index contributed by atoms with van der Waals surface area (Å²) in [5, 5.41) is 0. The summed E-state index contributed by atoms with van der Waals surface area (Å²) in [6.07, 6.45) is 0.602. The van der Waals surface area contributed by atoms with E-state index in [1.807, 2.05) is 0 Å². The number of benzene rings is 1. The molecule has 0 aliphatic heterocycles. The lowest BCUT2D eigenvalue weighted by Gasteiger charge is -2.08. The quantitative estimate of drug-likeness (QED) is 0.624. The predicted molar refractivity (Wildman–Crippen MR) is 67.4 cm³/mol. The van der Waals surface area contributed by atoms with Gasteiger partial charge in [0.05, 0.1) is 19.8 Å². The highest BCUT2D eigenvalue weighted by molar-refractivity contribution is 5.97. The van der Waals surface area contributed by atoms with Crippen LogP contribution in [0.2, 0.25) is 0 Å². The Morgan fingerprint density at radius 2 is 2.00 bits per heavy atom. The zero-order valence-corrected chi connectivity index (χ0v) is 10.5. The maximum absolute atomic E-state index is 11.8. The lowest BCUT2D eigenvalue weighted by atomic mass is 10.0. The molecule has 2 aromatic rings. The normalized spacial score (nSPS) is 10.0. The van der Waals surface area contributed by atoms with Gasteiger partial charge in [0.1, 0.15) is 11.5 Å². The van der Waals surface area contributed by atoms with Crippen molar-refractivity contribution in [3.05, 3.63) is 41.7 Å². The predicted octanol–water partition coefficient (Wildman–Crippen LogP) is 2.55. The number of carbonyl (C=O) groups excluding carboxylic acids is 2. The topological polar surface area (TPSA) is 65.7 Å². The second-order valence-electron chi connectivity index (χ2n) is 3.72. The summed E-state index contributed by atoms with van der Waals surface area (Å²) in [6.45, 7) is 0. The SMILES string of the molecule is COC(=O)c1cc(OC)ccc1-c1ccc(C=O)o1. The third-order valence-corrected chi connectivity index (χ3v) is 2.64. The number of rotatable bonds is 4. The smallest absolute Gasteiger partial charge is 0.338 e. The van der Waals surface area contributed by atoms with Crippen molar-refractivity contribution in [1.29, 1.82) is 0 Å². The Morgan fingerprint density at radius 1 is 1.21 bits per heavy atom. The maximum Gasteiger partial charge on any atom is 0.338 e. The lowest BCUT2D eigenvalue weighted by Crippen LogP contribution is -2.03. The van der Waals surface area contributed by atoms with Crippen LogP contribution in [0, 0.1) is 0 Å². The van der Waals surface area contributed by atoms with Gasteiger partial charge in [-0.2, -0.15) is 0 Å². The Kier molecular flexibility index (Phi) is 3.66. The molecule has 1 aromatic carbocycles. The molecule has 0 saturated carbocycles. The number of ether oxygens (including phenoxy) is 2. The van der Waals surface area contributed by atoms with E-state index in [1.54, 1.807) is 24.3 Å². The van der Waals surface area contributed by atoms with Gasteiger partial charge >= 0.3 is 5.97 Å². The molecule has 2 rings (SSSR count). The fourth-order valence-corrected chi connectivity index (χ4v) is 1.70. The molecule has 0 N–H and O–H groups in total. The van der Waals surface area contributed by atoms with Gasteiger partial charge in [-0.3, -0.25) is 4.79 Å². The first-order chi connectivity index (χ1) is 9.19. The Morgan fingerprint density at radius 3 is 2.58 bits per heavy atom. The van der Waals surface area contributed by atoms with Gasteiger partial charge in [-0.1, -0.05) is 0 Å².